The number of benzene rings is 1. The van der Waals surface area contributed by atoms with Gasteiger partial charge in [-0.25, -0.2) is 4.79 Å². The van der Waals surface area contributed by atoms with Crippen LogP contribution in [-0.4, -0.2) is 41.7 Å². The molecule has 6 nitrogen and oxygen atoms in total. The molecule has 21 heavy (non-hydrogen) atoms. The van der Waals surface area contributed by atoms with Crippen LogP contribution in [0.2, 0.25) is 0 Å². The van der Waals surface area contributed by atoms with E-state index in [1.807, 2.05) is 0 Å². The van der Waals surface area contributed by atoms with Crippen molar-refractivity contribution in [1.29, 1.82) is 0 Å². The molecule has 0 bridgehead atoms. The van der Waals surface area contributed by atoms with Crippen LogP contribution in [0.25, 0.3) is 0 Å². The second-order valence-electron chi connectivity index (χ2n) is 5.12. The van der Waals surface area contributed by atoms with Crippen LogP contribution < -0.4 is 10.1 Å². The van der Waals surface area contributed by atoms with Gasteiger partial charge in [-0.2, -0.15) is 0 Å². The number of nitrogens with zero attached hydrogens (tertiary/aromatic N) is 1. The van der Waals surface area contributed by atoms with E-state index in [4.69, 9.17) is 9.84 Å². The molecular formula is C15H20N2O4. The summed E-state index contributed by atoms with van der Waals surface area (Å²) in [5.74, 6) is -0.360. The zero-order chi connectivity index (χ0) is 15.2. The summed E-state index contributed by atoms with van der Waals surface area (Å²) in [7, 11) is 1.55. The van der Waals surface area contributed by atoms with Crippen LogP contribution in [-0.2, 0) is 4.79 Å². The molecule has 1 aromatic rings. The predicted molar refractivity (Wildman–Crippen MR) is 78.6 cm³/mol. The number of carboxylic acids is 1. The van der Waals surface area contributed by atoms with Crippen molar-refractivity contribution in [1.82, 2.24) is 4.90 Å². The van der Waals surface area contributed by atoms with Gasteiger partial charge in [-0.3, -0.25) is 4.79 Å². The molecule has 0 aliphatic heterocycles. The minimum Gasteiger partial charge on any atom is -0.497 e. The Morgan fingerprint density at radius 2 is 2.10 bits per heavy atom. The second kappa shape index (κ2) is 6.97. The van der Waals surface area contributed by atoms with Gasteiger partial charge in [0, 0.05) is 17.8 Å². The second-order valence-corrected chi connectivity index (χ2v) is 5.12. The van der Waals surface area contributed by atoms with E-state index in [0.717, 1.165) is 25.7 Å². The highest BCUT2D eigenvalue weighted by atomic mass is 16.5. The summed E-state index contributed by atoms with van der Waals surface area (Å²) in [6, 6.07) is 6.62. The van der Waals surface area contributed by atoms with Gasteiger partial charge < -0.3 is 20.1 Å². The topological polar surface area (TPSA) is 78.9 Å². The number of carbonyl (C=O) groups excluding carboxylic acids is 1. The Bertz CT molecular complexity index is 512. The van der Waals surface area contributed by atoms with Crippen LogP contribution >= 0.6 is 0 Å². The van der Waals surface area contributed by atoms with E-state index in [9.17, 15) is 9.59 Å². The number of carboxylic acid groups (broad SMARTS) is 1. The molecule has 0 radical (unpaired) electrons. The maximum atomic E-state index is 12.3. The van der Waals surface area contributed by atoms with Crippen molar-refractivity contribution in [2.45, 2.75) is 31.7 Å². The first-order valence-corrected chi connectivity index (χ1v) is 7.03. The van der Waals surface area contributed by atoms with Crippen molar-refractivity contribution < 1.29 is 19.4 Å². The lowest BCUT2D eigenvalue weighted by Gasteiger charge is -2.27. The van der Waals surface area contributed by atoms with Gasteiger partial charge >= 0.3 is 12.0 Å². The van der Waals surface area contributed by atoms with E-state index in [2.05, 4.69) is 5.32 Å². The fraction of sp³-hybridized carbons (Fsp3) is 0.467. The Balaban J connectivity index is 2.07. The molecule has 2 N–H and O–H groups in total. The summed E-state index contributed by atoms with van der Waals surface area (Å²) in [6.07, 6.45) is 3.79. The van der Waals surface area contributed by atoms with Crippen LogP contribution in [0.5, 0.6) is 5.75 Å². The van der Waals surface area contributed by atoms with Crippen LogP contribution in [0, 0.1) is 0 Å². The Morgan fingerprint density at radius 3 is 2.71 bits per heavy atom. The molecule has 0 aromatic heterocycles. The van der Waals surface area contributed by atoms with Gasteiger partial charge in [-0.05, 0) is 25.0 Å². The largest absolute Gasteiger partial charge is 0.497 e. The first kappa shape index (κ1) is 15.2. The molecule has 1 aliphatic carbocycles. The number of nitrogens with one attached hydrogen (secondary N) is 1. The number of carbonyl (C=O) groups is 2. The minimum atomic E-state index is -0.998. The van der Waals surface area contributed by atoms with Crippen molar-refractivity contribution >= 4 is 17.7 Å². The van der Waals surface area contributed by atoms with Crippen molar-refractivity contribution in [2.75, 3.05) is 19.0 Å². The molecule has 2 rings (SSSR count). The van der Waals surface area contributed by atoms with E-state index in [1.165, 1.54) is 4.90 Å². The highest BCUT2D eigenvalue weighted by Gasteiger charge is 2.28. The molecule has 0 spiro atoms. The number of ether oxygens (including phenoxy) is 1. The van der Waals surface area contributed by atoms with E-state index in [-0.39, 0.29) is 18.6 Å². The van der Waals surface area contributed by atoms with Gasteiger partial charge in [0.1, 0.15) is 12.3 Å². The number of aliphatic carboxylic acids is 1. The number of rotatable bonds is 5. The van der Waals surface area contributed by atoms with E-state index >= 15 is 0 Å². The smallest absolute Gasteiger partial charge is 0.323 e. The quantitative estimate of drug-likeness (QED) is 0.874. The third-order valence-corrected chi connectivity index (χ3v) is 3.65. The summed E-state index contributed by atoms with van der Waals surface area (Å²) >= 11 is 0. The predicted octanol–water partition coefficient (Wildman–Crippen LogP) is 2.56. The molecule has 6 heteroatoms. The Labute approximate surface area is 123 Å². The normalized spacial score (nSPS) is 14.7. The number of hydrogen-bond donors (Lipinski definition) is 2. The Morgan fingerprint density at radius 1 is 1.38 bits per heavy atom. The molecule has 0 unspecified atom stereocenters. The molecule has 1 aliphatic rings. The first-order valence-electron chi connectivity index (χ1n) is 7.03. The lowest BCUT2D eigenvalue weighted by Crippen LogP contribution is -2.44. The van der Waals surface area contributed by atoms with E-state index in [0.29, 0.717) is 11.4 Å². The first-order chi connectivity index (χ1) is 10.1. The average Bonchev–Trinajstić information content (AvgIpc) is 2.98. The lowest BCUT2D eigenvalue weighted by molar-refractivity contribution is -0.138. The van der Waals surface area contributed by atoms with Gasteiger partial charge in [-0.1, -0.05) is 18.9 Å². The zero-order valence-electron chi connectivity index (χ0n) is 12.0. The Hall–Kier alpha value is -2.24. The van der Waals surface area contributed by atoms with E-state index in [1.54, 1.807) is 31.4 Å². The fourth-order valence-electron chi connectivity index (χ4n) is 2.62. The summed E-state index contributed by atoms with van der Waals surface area (Å²) in [6.45, 7) is -0.277. The molecule has 0 atom stereocenters. The number of hydrogen-bond acceptors (Lipinski definition) is 3. The van der Waals surface area contributed by atoms with Gasteiger partial charge in [0.2, 0.25) is 0 Å². The van der Waals surface area contributed by atoms with Crippen molar-refractivity contribution in [2.24, 2.45) is 0 Å². The summed E-state index contributed by atoms with van der Waals surface area (Å²) < 4.78 is 5.10. The van der Waals surface area contributed by atoms with Crippen molar-refractivity contribution in [3.8, 4) is 5.75 Å². The maximum Gasteiger partial charge on any atom is 0.323 e. The third kappa shape index (κ3) is 4.11. The van der Waals surface area contributed by atoms with E-state index < -0.39 is 5.97 Å². The monoisotopic (exact) mass is 292 g/mol. The van der Waals surface area contributed by atoms with Gasteiger partial charge in [-0.15, -0.1) is 0 Å². The molecular weight excluding hydrogens is 272 g/mol. The molecule has 1 fully saturated rings. The number of urea groups is 1. The van der Waals surface area contributed by atoms with Crippen LogP contribution in [0.3, 0.4) is 0 Å². The Kier molecular flexibility index (Phi) is 5.03. The highest BCUT2D eigenvalue weighted by molar-refractivity contribution is 5.91. The van der Waals surface area contributed by atoms with Crippen LogP contribution in [0.4, 0.5) is 10.5 Å². The summed E-state index contributed by atoms with van der Waals surface area (Å²) in [5.41, 5.74) is 0.590. The van der Waals surface area contributed by atoms with Crippen molar-refractivity contribution in [3.63, 3.8) is 0 Å². The zero-order valence-corrected chi connectivity index (χ0v) is 12.0. The molecule has 0 heterocycles. The number of amides is 2. The highest BCUT2D eigenvalue weighted by Crippen LogP contribution is 2.24. The number of anilines is 1. The summed E-state index contributed by atoms with van der Waals surface area (Å²) in [5, 5.41) is 11.7. The molecule has 114 valence electrons. The van der Waals surface area contributed by atoms with Gasteiger partial charge in [0.15, 0.2) is 0 Å². The van der Waals surface area contributed by atoms with Gasteiger partial charge in [0.05, 0.1) is 7.11 Å². The standard InChI is InChI=1S/C15H20N2O4/c1-21-13-8-4-5-11(9-13)16-15(20)17(10-14(18)19)12-6-2-3-7-12/h4-5,8-9,12H,2-3,6-7,10H2,1H3,(H,16,20)(H,18,19). The minimum absolute atomic E-state index is 0.00621. The molecule has 1 saturated carbocycles. The van der Waals surface area contributed by atoms with Crippen LogP contribution in [0.15, 0.2) is 24.3 Å². The van der Waals surface area contributed by atoms with Crippen LogP contribution in [0.1, 0.15) is 25.7 Å². The fourth-order valence-corrected chi connectivity index (χ4v) is 2.62. The number of methoxy groups -OCH3 is 1. The molecule has 1 aromatic carbocycles. The summed E-state index contributed by atoms with van der Waals surface area (Å²) in [4.78, 5) is 24.7. The lowest BCUT2D eigenvalue weighted by atomic mass is 10.2. The maximum absolute atomic E-state index is 12.3. The van der Waals surface area contributed by atoms with Gasteiger partial charge in [0.25, 0.3) is 0 Å². The molecule has 2 amide bonds. The SMILES string of the molecule is COc1cccc(NC(=O)N(CC(=O)O)C2CCCC2)c1. The van der Waals surface area contributed by atoms with Crippen molar-refractivity contribution in [3.05, 3.63) is 24.3 Å². The molecule has 0 saturated heterocycles. The average molecular weight is 292 g/mol. The third-order valence-electron chi connectivity index (χ3n) is 3.65.